The van der Waals surface area contributed by atoms with Crippen molar-refractivity contribution in [3.63, 3.8) is 0 Å². The van der Waals surface area contributed by atoms with Crippen LogP contribution in [0, 0.1) is 10.1 Å². The summed E-state index contributed by atoms with van der Waals surface area (Å²) >= 11 is 12.9. The summed E-state index contributed by atoms with van der Waals surface area (Å²) in [5.74, 6) is 0.442. The Bertz CT molecular complexity index is 363. The summed E-state index contributed by atoms with van der Waals surface area (Å²) in [4.78, 5) is 10.5. The van der Waals surface area contributed by atoms with Gasteiger partial charge in [0.05, 0.1) is 21.6 Å². The average Bonchev–Trinajstić information content (AvgIpc) is 2.16. The summed E-state index contributed by atoms with van der Waals surface area (Å²) in [5.41, 5.74) is -0.140. The summed E-state index contributed by atoms with van der Waals surface area (Å²) in [6.07, 6.45) is 0. The fourth-order valence-electron chi connectivity index (χ4n) is 0.938. The number of nitro benzene ring substituents is 1. The van der Waals surface area contributed by atoms with E-state index in [2.05, 4.69) is 0 Å². The number of benzene rings is 1. The lowest BCUT2D eigenvalue weighted by Crippen LogP contribution is -1.91. The minimum atomic E-state index is -0.557. The van der Waals surface area contributed by atoms with Crippen LogP contribution in [0.4, 0.5) is 5.69 Å². The van der Waals surface area contributed by atoms with Crippen LogP contribution in [0.1, 0.15) is 0 Å². The number of hydrogen-bond acceptors (Lipinski definition) is 4. The molecule has 0 aromatic heterocycles. The SMILES string of the molecule is O=[N+]([O-])c1cc(Cl)c(SCCO)c(Cl)c1. The molecular formula is C8H7Cl2NO3S. The van der Waals surface area contributed by atoms with Gasteiger partial charge in [-0.05, 0) is 0 Å². The first-order valence-corrected chi connectivity index (χ1v) is 5.67. The smallest absolute Gasteiger partial charge is 0.272 e. The molecule has 0 atom stereocenters. The van der Waals surface area contributed by atoms with Gasteiger partial charge in [-0.25, -0.2) is 0 Å². The molecule has 0 radical (unpaired) electrons. The molecule has 1 aromatic carbocycles. The zero-order valence-corrected chi connectivity index (χ0v) is 9.77. The third-order valence-electron chi connectivity index (χ3n) is 1.53. The van der Waals surface area contributed by atoms with Crippen LogP contribution < -0.4 is 0 Å². The maximum atomic E-state index is 10.5. The molecule has 0 amide bonds. The molecule has 15 heavy (non-hydrogen) atoms. The lowest BCUT2D eigenvalue weighted by molar-refractivity contribution is -0.384. The first-order valence-electron chi connectivity index (χ1n) is 3.93. The van der Waals surface area contributed by atoms with Crippen LogP contribution in [0.2, 0.25) is 10.0 Å². The fourth-order valence-corrected chi connectivity index (χ4v) is 2.43. The predicted octanol–water partition coefficient (Wildman–Crippen LogP) is 2.99. The van der Waals surface area contributed by atoms with Gasteiger partial charge in [-0.15, -0.1) is 11.8 Å². The molecular weight excluding hydrogens is 261 g/mol. The summed E-state index contributed by atoms with van der Waals surface area (Å²) in [5, 5.41) is 19.6. The van der Waals surface area contributed by atoms with E-state index in [1.54, 1.807) is 0 Å². The largest absolute Gasteiger partial charge is 0.396 e. The maximum absolute atomic E-state index is 10.5. The topological polar surface area (TPSA) is 63.4 Å². The summed E-state index contributed by atoms with van der Waals surface area (Å²) in [7, 11) is 0. The number of rotatable bonds is 4. The Morgan fingerprint density at radius 3 is 2.33 bits per heavy atom. The van der Waals surface area contributed by atoms with Crippen molar-refractivity contribution in [2.75, 3.05) is 12.4 Å². The fraction of sp³-hybridized carbons (Fsp3) is 0.250. The number of halogens is 2. The van der Waals surface area contributed by atoms with Crippen molar-refractivity contribution in [2.24, 2.45) is 0 Å². The van der Waals surface area contributed by atoms with Gasteiger partial charge in [-0.2, -0.15) is 0 Å². The van der Waals surface area contributed by atoms with E-state index in [0.717, 1.165) is 0 Å². The molecule has 1 N–H and O–H groups in total. The molecule has 0 aliphatic carbocycles. The highest BCUT2D eigenvalue weighted by molar-refractivity contribution is 7.99. The van der Waals surface area contributed by atoms with E-state index in [4.69, 9.17) is 28.3 Å². The van der Waals surface area contributed by atoms with Gasteiger partial charge in [0, 0.05) is 22.8 Å². The molecule has 7 heteroatoms. The van der Waals surface area contributed by atoms with Gasteiger partial charge in [0.1, 0.15) is 0 Å². The minimum absolute atomic E-state index is 0.00564. The number of nitrogens with zero attached hydrogens (tertiary/aromatic N) is 1. The Kier molecular flexibility index (Phi) is 4.66. The van der Waals surface area contributed by atoms with E-state index in [-0.39, 0.29) is 22.3 Å². The first kappa shape index (κ1) is 12.6. The molecule has 82 valence electrons. The lowest BCUT2D eigenvalue weighted by Gasteiger charge is -2.05. The molecule has 0 spiro atoms. The molecule has 0 heterocycles. The van der Waals surface area contributed by atoms with Crippen LogP contribution in [-0.2, 0) is 0 Å². The summed E-state index contributed by atoms with van der Waals surface area (Å²) in [6.45, 7) is -0.00564. The predicted molar refractivity (Wildman–Crippen MR) is 60.9 cm³/mol. The monoisotopic (exact) mass is 267 g/mol. The minimum Gasteiger partial charge on any atom is -0.396 e. The number of nitro groups is 1. The van der Waals surface area contributed by atoms with Crippen LogP contribution in [0.5, 0.6) is 0 Å². The maximum Gasteiger partial charge on any atom is 0.272 e. The number of hydrogen-bond donors (Lipinski definition) is 1. The van der Waals surface area contributed by atoms with Gasteiger partial charge >= 0.3 is 0 Å². The Hall–Kier alpha value is -0.490. The highest BCUT2D eigenvalue weighted by atomic mass is 35.5. The van der Waals surface area contributed by atoms with Crippen molar-refractivity contribution in [2.45, 2.75) is 4.90 Å². The zero-order valence-electron chi connectivity index (χ0n) is 7.44. The van der Waals surface area contributed by atoms with Gasteiger partial charge in [-0.3, -0.25) is 10.1 Å². The third kappa shape index (κ3) is 3.24. The number of non-ortho nitro benzene ring substituents is 1. The number of aliphatic hydroxyl groups excluding tert-OH is 1. The molecule has 0 saturated carbocycles. The van der Waals surface area contributed by atoms with Crippen molar-refractivity contribution in [1.82, 2.24) is 0 Å². The second-order valence-corrected chi connectivity index (χ2v) is 4.49. The van der Waals surface area contributed by atoms with Crippen molar-refractivity contribution in [3.8, 4) is 0 Å². The number of thioether (sulfide) groups is 1. The normalized spacial score (nSPS) is 10.3. The van der Waals surface area contributed by atoms with Crippen LogP contribution in [-0.4, -0.2) is 22.4 Å². The molecule has 0 fully saturated rings. The molecule has 0 unspecified atom stereocenters. The van der Waals surface area contributed by atoms with Crippen LogP contribution >= 0.6 is 35.0 Å². The van der Waals surface area contributed by atoms with E-state index >= 15 is 0 Å². The molecule has 4 nitrogen and oxygen atoms in total. The van der Waals surface area contributed by atoms with Gasteiger partial charge in [0.25, 0.3) is 5.69 Å². The van der Waals surface area contributed by atoms with E-state index in [1.165, 1.54) is 23.9 Å². The van der Waals surface area contributed by atoms with Gasteiger partial charge in [-0.1, -0.05) is 23.2 Å². The Balaban J connectivity index is 3.04. The first-order chi connectivity index (χ1) is 7.06. The second-order valence-electron chi connectivity index (χ2n) is 2.57. The van der Waals surface area contributed by atoms with Crippen molar-refractivity contribution >= 4 is 40.7 Å². The summed E-state index contributed by atoms with van der Waals surface area (Å²) in [6, 6.07) is 2.49. The molecule has 0 aliphatic heterocycles. The lowest BCUT2D eigenvalue weighted by atomic mass is 10.3. The quantitative estimate of drug-likeness (QED) is 0.518. The summed E-state index contributed by atoms with van der Waals surface area (Å²) < 4.78 is 0. The van der Waals surface area contributed by atoms with Crippen LogP contribution in [0.3, 0.4) is 0 Å². The van der Waals surface area contributed by atoms with Gasteiger partial charge < -0.3 is 5.11 Å². The van der Waals surface area contributed by atoms with Crippen LogP contribution in [0.15, 0.2) is 17.0 Å². The molecule has 0 bridgehead atoms. The van der Waals surface area contributed by atoms with E-state index < -0.39 is 4.92 Å². The molecule has 1 aromatic rings. The average molecular weight is 268 g/mol. The van der Waals surface area contributed by atoms with Gasteiger partial charge in [0.2, 0.25) is 0 Å². The standard InChI is InChI=1S/C8H7Cl2NO3S/c9-6-3-5(11(13)14)4-7(10)8(6)15-2-1-12/h3-4,12H,1-2H2. The van der Waals surface area contributed by atoms with Gasteiger partial charge in [0.15, 0.2) is 0 Å². The Morgan fingerprint density at radius 1 is 1.40 bits per heavy atom. The Labute approximate surface area is 100 Å². The van der Waals surface area contributed by atoms with Crippen molar-refractivity contribution in [1.29, 1.82) is 0 Å². The molecule has 0 saturated heterocycles. The number of aliphatic hydroxyl groups is 1. The Morgan fingerprint density at radius 2 is 1.93 bits per heavy atom. The van der Waals surface area contributed by atoms with E-state index in [0.29, 0.717) is 10.6 Å². The van der Waals surface area contributed by atoms with Crippen molar-refractivity contribution in [3.05, 3.63) is 32.3 Å². The van der Waals surface area contributed by atoms with Crippen molar-refractivity contribution < 1.29 is 10.0 Å². The second kappa shape index (κ2) is 5.55. The highest BCUT2D eigenvalue weighted by Crippen LogP contribution is 2.37. The van der Waals surface area contributed by atoms with Crippen LogP contribution in [0.25, 0.3) is 0 Å². The van der Waals surface area contributed by atoms with E-state index in [1.807, 2.05) is 0 Å². The zero-order chi connectivity index (χ0) is 11.4. The van der Waals surface area contributed by atoms with E-state index in [9.17, 15) is 10.1 Å². The molecule has 1 rings (SSSR count). The molecule has 0 aliphatic rings. The third-order valence-corrected chi connectivity index (χ3v) is 3.47. The highest BCUT2D eigenvalue weighted by Gasteiger charge is 2.14.